The SMILES string of the molecule is CCCCC(=O)NC(=S)Nc1cccc(C(=O)Nc2ccccc2)c1. The third kappa shape index (κ3) is 6.35. The summed E-state index contributed by atoms with van der Waals surface area (Å²) in [6, 6.07) is 16.2. The molecular weight excluding hydrogens is 334 g/mol. The van der Waals surface area contributed by atoms with Gasteiger partial charge < -0.3 is 16.0 Å². The van der Waals surface area contributed by atoms with Crippen LogP contribution in [0.25, 0.3) is 0 Å². The molecule has 0 atom stereocenters. The van der Waals surface area contributed by atoms with E-state index in [0.717, 1.165) is 18.5 Å². The number of carbonyl (C=O) groups is 2. The molecule has 0 aromatic heterocycles. The van der Waals surface area contributed by atoms with E-state index in [1.165, 1.54) is 0 Å². The highest BCUT2D eigenvalue weighted by molar-refractivity contribution is 7.80. The fraction of sp³-hybridized carbons (Fsp3) is 0.211. The van der Waals surface area contributed by atoms with E-state index in [1.807, 2.05) is 37.3 Å². The standard InChI is InChI=1S/C19H21N3O2S/c1-2-3-12-17(23)22-19(25)21-16-11-7-8-14(13-16)18(24)20-15-9-5-4-6-10-15/h4-11,13H,2-3,12H2,1H3,(H,20,24)(H2,21,22,23,25). The predicted molar refractivity (Wildman–Crippen MR) is 105 cm³/mol. The van der Waals surface area contributed by atoms with Gasteiger partial charge in [-0.25, -0.2) is 0 Å². The summed E-state index contributed by atoms with van der Waals surface area (Å²) < 4.78 is 0. The number of hydrogen-bond donors (Lipinski definition) is 3. The van der Waals surface area contributed by atoms with Gasteiger partial charge in [0.1, 0.15) is 0 Å². The van der Waals surface area contributed by atoms with E-state index in [9.17, 15) is 9.59 Å². The summed E-state index contributed by atoms with van der Waals surface area (Å²) in [6.07, 6.45) is 2.22. The Morgan fingerprint density at radius 1 is 0.960 bits per heavy atom. The van der Waals surface area contributed by atoms with Crippen molar-refractivity contribution in [2.45, 2.75) is 26.2 Å². The monoisotopic (exact) mass is 355 g/mol. The quantitative estimate of drug-likeness (QED) is 0.687. The Morgan fingerprint density at radius 3 is 2.40 bits per heavy atom. The van der Waals surface area contributed by atoms with E-state index in [0.29, 0.717) is 17.7 Å². The average Bonchev–Trinajstić information content (AvgIpc) is 2.61. The number of rotatable bonds is 6. The van der Waals surface area contributed by atoms with Crippen LogP contribution in [-0.2, 0) is 4.79 Å². The van der Waals surface area contributed by atoms with Crippen LogP contribution in [0.4, 0.5) is 11.4 Å². The van der Waals surface area contributed by atoms with Gasteiger partial charge in [0.25, 0.3) is 5.91 Å². The van der Waals surface area contributed by atoms with Gasteiger partial charge in [0, 0.05) is 23.4 Å². The molecule has 2 rings (SSSR count). The van der Waals surface area contributed by atoms with Crippen LogP contribution in [-0.4, -0.2) is 16.9 Å². The van der Waals surface area contributed by atoms with Crippen LogP contribution >= 0.6 is 12.2 Å². The van der Waals surface area contributed by atoms with Crippen LogP contribution in [0.2, 0.25) is 0 Å². The van der Waals surface area contributed by atoms with Gasteiger partial charge in [0.05, 0.1) is 0 Å². The lowest BCUT2D eigenvalue weighted by molar-refractivity contribution is -0.119. The lowest BCUT2D eigenvalue weighted by Crippen LogP contribution is -2.33. The van der Waals surface area contributed by atoms with Gasteiger partial charge in [-0.2, -0.15) is 0 Å². The first-order valence-corrected chi connectivity index (χ1v) is 8.56. The Bertz CT molecular complexity index is 747. The maximum atomic E-state index is 12.3. The van der Waals surface area contributed by atoms with Crippen LogP contribution in [0, 0.1) is 0 Å². The number of carbonyl (C=O) groups excluding carboxylic acids is 2. The number of thiocarbonyl (C=S) groups is 1. The molecule has 0 heterocycles. The van der Waals surface area contributed by atoms with Crippen LogP contribution in [0.1, 0.15) is 36.5 Å². The molecule has 0 bridgehead atoms. The summed E-state index contributed by atoms with van der Waals surface area (Å²) in [5.41, 5.74) is 1.86. The molecule has 0 fully saturated rings. The minimum atomic E-state index is -0.215. The van der Waals surface area contributed by atoms with Crippen LogP contribution in [0.5, 0.6) is 0 Å². The predicted octanol–water partition coefficient (Wildman–Crippen LogP) is 3.94. The highest BCUT2D eigenvalue weighted by Gasteiger charge is 2.08. The number of unbranched alkanes of at least 4 members (excludes halogenated alkanes) is 1. The molecule has 0 saturated carbocycles. The number of anilines is 2. The summed E-state index contributed by atoms with van der Waals surface area (Å²) in [6.45, 7) is 2.02. The number of amides is 2. The second-order valence-electron chi connectivity index (χ2n) is 5.51. The van der Waals surface area contributed by atoms with Gasteiger partial charge in [-0.05, 0) is 49.0 Å². The maximum Gasteiger partial charge on any atom is 0.255 e. The molecule has 5 nitrogen and oxygen atoms in total. The second kappa shape index (κ2) is 9.54. The molecule has 3 N–H and O–H groups in total. The minimum Gasteiger partial charge on any atom is -0.332 e. The summed E-state index contributed by atoms with van der Waals surface area (Å²) >= 11 is 5.13. The molecule has 130 valence electrons. The molecule has 0 aliphatic carbocycles. The zero-order chi connectivity index (χ0) is 18.1. The van der Waals surface area contributed by atoms with Gasteiger partial charge in [-0.15, -0.1) is 0 Å². The van der Waals surface area contributed by atoms with E-state index in [1.54, 1.807) is 24.3 Å². The maximum absolute atomic E-state index is 12.3. The molecule has 2 aromatic carbocycles. The zero-order valence-electron chi connectivity index (χ0n) is 14.0. The van der Waals surface area contributed by atoms with E-state index >= 15 is 0 Å². The lowest BCUT2D eigenvalue weighted by atomic mass is 10.2. The fourth-order valence-electron chi connectivity index (χ4n) is 2.15. The Morgan fingerprint density at radius 2 is 1.68 bits per heavy atom. The summed E-state index contributed by atoms with van der Waals surface area (Å²) in [4.78, 5) is 24.0. The molecule has 2 aromatic rings. The molecule has 2 amide bonds. The van der Waals surface area contributed by atoms with E-state index < -0.39 is 0 Å². The Labute approximate surface area is 152 Å². The van der Waals surface area contributed by atoms with Crippen LogP contribution < -0.4 is 16.0 Å². The van der Waals surface area contributed by atoms with E-state index in [2.05, 4.69) is 16.0 Å². The minimum absolute atomic E-state index is 0.114. The molecule has 0 unspecified atom stereocenters. The summed E-state index contributed by atoms with van der Waals surface area (Å²) in [5.74, 6) is -0.329. The third-order valence-corrected chi connectivity index (χ3v) is 3.63. The van der Waals surface area contributed by atoms with E-state index in [4.69, 9.17) is 12.2 Å². The number of nitrogens with one attached hydrogen (secondary N) is 3. The first-order valence-electron chi connectivity index (χ1n) is 8.16. The average molecular weight is 355 g/mol. The molecular formula is C19H21N3O2S. The van der Waals surface area contributed by atoms with Crippen molar-refractivity contribution in [3.63, 3.8) is 0 Å². The second-order valence-corrected chi connectivity index (χ2v) is 5.92. The van der Waals surface area contributed by atoms with Crippen LogP contribution in [0.15, 0.2) is 54.6 Å². The zero-order valence-corrected chi connectivity index (χ0v) is 14.9. The van der Waals surface area contributed by atoms with Crippen molar-refractivity contribution >= 4 is 40.5 Å². The van der Waals surface area contributed by atoms with Crippen molar-refractivity contribution in [1.82, 2.24) is 5.32 Å². The molecule has 0 aliphatic heterocycles. The smallest absolute Gasteiger partial charge is 0.255 e. The number of para-hydroxylation sites is 1. The molecule has 0 aliphatic rings. The van der Waals surface area contributed by atoms with Crippen molar-refractivity contribution in [3.05, 3.63) is 60.2 Å². The van der Waals surface area contributed by atoms with Crippen molar-refractivity contribution in [2.75, 3.05) is 10.6 Å². The first-order chi connectivity index (χ1) is 12.1. The van der Waals surface area contributed by atoms with Crippen LogP contribution in [0.3, 0.4) is 0 Å². The Balaban J connectivity index is 1.95. The molecule has 25 heavy (non-hydrogen) atoms. The van der Waals surface area contributed by atoms with E-state index in [-0.39, 0.29) is 16.9 Å². The van der Waals surface area contributed by atoms with Crippen molar-refractivity contribution < 1.29 is 9.59 Å². The third-order valence-electron chi connectivity index (χ3n) is 3.42. The summed E-state index contributed by atoms with van der Waals surface area (Å²) in [7, 11) is 0. The summed E-state index contributed by atoms with van der Waals surface area (Å²) in [5, 5.41) is 8.61. The Kier molecular flexibility index (Phi) is 7.10. The Hall–Kier alpha value is -2.73. The van der Waals surface area contributed by atoms with Gasteiger partial charge in [0.15, 0.2) is 5.11 Å². The lowest BCUT2D eigenvalue weighted by Gasteiger charge is -2.11. The fourth-order valence-corrected chi connectivity index (χ4v) is 2.38. The normalized spacial score (nSPS) is 9.96. The molecule has 0 radical (unpaired) electrons. The van der Waals surface area contributed by atoms with Crippen molar-refractivity contribution in [3.8, 4) is 0 Å². The number of hydrogen-bond acceptors (Lipinski definition) is 3. The van der Waals surface area contributed by atoms with Gasteiger partial charge in [-0.3, -0.25) is 9.59 Å². The van der Waals surface area contributed by atoms with Gasteiger partial charge in [-0.1, -0.05) is 37.6 Å². The van der Waals surface area contributed by atoms with Crippen molar-refractivity contribution in [2.24, 2.45) is 0 Å². The van der Waals surface area contributed by atoms with Gasteiger partial charge >= 0.3 is 0 Å². The molecule has 6 heteroatoms. The highest BCUT2D eigenvalue weighted by Crippen LogP contribution is 2.13. The molecule has 0 spiro atoms. The highest BCUT2D eigenvalue weighted by atomic mass is 32.1. The topological polar surface area (TPSA) is 70.2 Å². The first kappa shape index (κ1) is 18.6. The van der Waals surface area contributed by atoms with Gasteiger partial charge in [0.2, 0.25) is 5.91 Å². The largest absolute Gasteiger partial charge is 0.332 e. The van der Waals surface area contributed by atoms with Crippen molar-refractivity contribution in [1.29, 1.82) is 0 Å². The number of benzene rings is 2. The molecule has 0 saturated heterocycles.